The summed E-state index contributed by atoms with van der Waals surface area (Å²) in [5.41, 5.74) is -0.241. The number of hydrogen-bond acceptors (Lipinski definition) is 2. The SMILES string of the molecule is Cc1cc(NC(=O)C(C)(C)C)ncc1C(F)F. The van der Waals surface area contributed by atoms with E-state index in [9.17, 15) is 13.6 Å². The van der Waals surface area contributed by atoms with Gasteiger partial charge in [-0.05, 0) is 18.6 Å². The highest BCUT2D eigenvalue weighted by Gasteiger charge is 2.22. The molecular weight excluding hydrogens is 226 g/mol. The van der Waals surface area contributed by atoms with Crippen LogP contribution in [0.4, 0.5) is 14.6 Å². The molecule has 17 heavy (non-hydrogen) atoms. The summed E-state index contributed by atoms with van der Waals surface area (Å²) in [5.74, 6) is 0.0982. The number of alkyl halides is 2. The molecule has 1 aromatic heterocycles. The molecule has 0 aliphatic carbocycles. The van der Waals surface area contributed by atoms with E-state index in [1.807, 2.05) is 0 Å². The second-order valence-corrected chi connectivity index (χ2v) is 4.93. The van der Waals surface area contributed by atoms with Crippen LogP contribution in [0.25, 0.3) is 0 Å². The number of nitrogens with zero attached hydrogens (tertiary/aromatic N) is 1. The lowest BCUT2D eigenvalue weighted by Crippen LogP contribution is -2.28. The van der Waals surface area contributed by atoms with Crippen molar-refractivity contribution in [2.45, 2.75) is 34.1 Å². The van der Waals surface area contributed by atoms with Crippen LogP contribution in [0.1, 0.15) is 38.3 Å². The Hall–Kier alpha value is -1.52. The fraction of sp³-hybridized carbons (Fsp3) is 0.500. The van der Waals surface area contributed by atoms with Crippen molar-refractivity contribution in [1.82, 2.24) is 4.98 Å². The lowest BCUT2D eigenvalue weighted by atomic mass is 9.96. The molecule has 1 rings (SSSR count). The average molecular weight is 242 g/mol. The molecule has 1 N–H and O–H groups in total. The summed E-state index contributed by atoms with van der Waals surface area (Å²) in [5, 5.41) is 2.59. The molecule has 1 amide bonds. The number of amides is 1. The molecule has 0 saturated heterocycles. The van der Waals surface area contributed by atoms with Crippen molar-refractivity contribution in [2.24, 2.45) is 5.41 Å². The minimum atomic E-state index is -2.55. The van der Waals surface area contributed by atoms with Gasteiger partial charge in [-0.25, -0.2) is 13.8 Å². The van der Waals surface area contributed by atoms with Crippen LogP contribution in [0.5, 0.6) is 0 Å². The summed E-state index contributed by atoms with van der Waals surface area (Å²) in [6.45, 7) is 6.87. The first kappa shape index (κ1) is 13.5. The number of halogens is 2. The van der Waals surface area contributed by atoms with E-state index in [1.165, 1.54) is 6.07 Å². The summed E-state index contributed by atoms with van der Waals surface area (Å²) in [6.07, 6.45) is -1.45. The monoisotopic (exact) mass is 242 g/mol. The van der Waals surface area contributed by atoms with E-state index in [0.717, 1.165) is 6.20 Å². The van der Waals surface area contributed by atoms with Crippen molar-refractivity contribution >= 4 is 11.7 Å². The largest absolute Gasteiger partial charge is 0.310 e. The molecule has 5 heteroatoms. The molecule has 0 aliphatic rings. The van der Waals surface area contributed by atoms with Crippen LogP contribution in [0, 0.1) is 12.3 Å². The fourth-order valence-electron chi connectivity index (χ4n) is 1.17. The second kappa shape index (κ2) is 4.77. The Morgan fingerprint density at radius 2 is 2.00 bits per heavy atom. The molecule has 0 aromatic carbocycles. The predicted molar refractivity (Wildman–Crippen MR) is 62.0 cm³/mol. The maximum atomic E-state index is 12.5. The summed E-state index contributed by atoms with van der Waals surface area (Å²) in [7, 11) is 0. The van der Waals surface area contributed by atoms with Gasteiger partial charge >= 0.3 is 0 Å². The third kappa shape index (κ3) is 3.47. The van der Waals surface area contributed by atoms with E-state index in [0.29, 0.717) is 11.4 Å². The van der Waals surface area contributed by atoms with Crippen molar-refractivity contribution in [3.05, 3.63) is 23.4 Å². The Labute approximate surface area is 99.2 Å². The lowest BCUT2D eigenvalue weighted by Gasteiger charge is -2.17. The van der Waals surface area contributed by atoms with Crippen molar-refractivity contribution in [3.8, 4) is 0 Å². The molecule has 0 fully saturated rings. The number of carbonyl (C=O) groups is 1. The third-order valence-electron chi connectivity index (χ3n) is 2.31. The summed E-state index contributed by atoms with van der Waals surface area (Å²) < 4.78 is 25.0. The highest BCUT2D eigenvalue weighted by molar-refractivity contribution is 5.93. The van der Waals surface area contributed by atoms with Gasteiger partial charge in [0.2, 0.25) is 5.91 Å². The molecule has 0 spiro atoms. The molecule has 94 valence electrons. The smallest absolute Gasteiger partial charge is 0.265 e. The number of aromatic nitrogens is 1. The zero-order valence-electron chi connectivity index (χ0n) is 10.3. The van der Waals surface area contributed by atoms with Gasteiger partial charge in [-0.2, -0.15) is 0 Å². The van der Waals surface area contributed by atoms with Gasteiger partial charge in [0.25, 0.3) is 6.43 Å². The normalized spacial score (nSPS) is 11.7. The Morgan fingerprint density at radius 1 is 1.41 bits per heavy atom. The van der Waals surface area contributed by atoms with Gasteiger partial charge in [-0.15, -0.1) is 0 Å². The average Bonchev–Trinajstić information content (AvgIpc) is 2.15. The zero-order valence-corrected chi connectivity index (χ0v) is 10.3. The Morgan fingerprint density at radius 3 is 2.41 bits per heavy atom. The Balaban J connectivity index is 2.89. The number of rotatable bonds is 2. The highest BCUT2D eigenvalue weighted by atomic mass is 19.3. The topological polar surface area (TPSA) is 42.0 Å². The van der Waals surface area contributed by atoms with Gasteiger partial charge in [0.15, 0.2) is 0 Å². The second-order valence-electron chi connectivity index (χ2n) is 4.93. The number of aryl methyl sites for hydroxylation is 1. The van der Waals surface area contributed by atoms with Gasteiger partial charge in [-0.3, -0.25) is 4.79 Å². The maximum Gasteiger partial charge on any atom is 0.265 e. The molecule has 0 saturated carbocycles. The van der Waals surface area contributed by atoms with Gasteiger partial charge in [0.1, 0.15) is 5.82 Å². The first-order valence-corrected chi connectivity index (χ1v) is 5.28. The first-order chi connectivity index (χ1) is 7.71. The maximum absolute atomic E-state index is 12.5. The standard InChI is InChI=1S/C12H16F2N2O/c1-7-5-9(15-6-8(7)10(13)14)16-11(17)12(2,3)4/h5-6,10H,1-4H3,(H,15,16,17). The van der Waals surface area contributed by atoms with E-state index in [1.54, 1.807) is 27.7 Å². The van der Waals surface area contributed by atoms with Crippen LogP contribution in [-0.4, -0.2) is 10.9 Å². The minimum Gasteiger partial charge on any atom is -0.310 e. The molecule has 1 aromatic rings. The van der Waals surface area contributed by atoms with Gasteiger partial charge in [-0.1, -0.05) is 20.8 Å². The summed E-state index contributed by atoms with van der Waals surface area (Å²) >= 11 is 0. The van der Waals surface area contributed by atoms with Crippen LogP contribution in [-0.2, 0) is 4.79 Å². The van der Waals surface area contributed by atoms with E-state index < -0.39 is 11.8 Å². The molecule has 0 aliphatic heterocycles. The molecular formula is C12H16F2N2O. The Bertz CT molecular complexity index is 425. The van der Waals surface area contributed by atoms with Crippen LogP contribution >= 0.6 is 0 Å². The molecule has 0 atom stereocenters. The van der Waals surface area contributed by atoms with E-state index in [4.69, 9.17) is 0 Å². The predicted octanol–water partition coefficient (Wildman–Crippen LogP) is 3.31. The molecule has 1 heterocycles. The minimum absolute atomic E-state index is 0.112. The third-order valence-corrected chi connectivity index (χ3v) is 2.31. The summed E-state index contributed by atoms with van der Waals surface area (Å²) in [4.78, 5) is 15.5. The van der Waals surface area contributed by atoms with Crippen molar-refractivity contribution < 1.29 is 13.6 Å². The van der Waals surface area contributed by atoms with E-state index >= 15 is 0 Å². The van der Waals surface area contributed by atoms with Crippen molar-refractivity contribution in [3.63, 3.8) is 0 Å². The number of anilines is 1. The lowest BCUT2D eigenvalue weighted by molar-refractivity contribution is -0.123. The van der Waals surface area contributed by atoms with Crippen LogP contribution in [0.15, 0.2) is 12.3 Å². The van der Waals surface area contributed by atoms with Crippen LogP contribution in [0.2, 0.25) is 0 Å². The van der Waals surface area contributed by atoms with Crippen LogP contribution in [0.3, 0.4) is 0 Å². The van der Waals surface area contributed by atoms with Crippen LogP contribution < -0.4 is 5.32 Å². The quantitative estimate of drug-likeness (QED) is 0.864. The molecule has 0 radical (unpaired) electrons. The highest BCUT2D eigenvalue weighted by Crippen LogP contribution is 2.24. The number of carbonyl (C=O) groups excluding carboxylic acids is 1. The van der Waals surface area contributed by atoms with Crippen molar-refractivity contribution in [2.75, 3.05) is 5.32 Å². The molecule has 0 unspecified atom stereocenters. The van der Waals surface area contributed by atoms with E-state index in [-0.39, 0.29) is 11.5 Å². The number of pyridine rings is 1. The number of nitrogens with one attached hydrogen (secondary N) is 1. The molecule has 3 nitrogen and oxygen atoms in total. The summed E-state index contributed by atoms with van der Waals surface area (Å²) in [6, 6.07) is 1.45. The zero-order chi connectivity index (χ0) is 13.2. The molecule has 0 bridgehead atoms. The number of hydrogen-bond donors (Lipinski definition) is 1. The Kier molecular flexibility index (Phi) is 3.80. The van der Waals surface area contributed by atoms with Gasteiger partial charge in [0.05, 0.1) is 0 Å². The fourth-order valence-corrected chi connectivity index (χ4v) is 1.17. The first-order valence-electron chi connectivity index (χ1n) is 5.28. The van der Waals surface area contributed by atoms with E-state index in [2.05, 4.69) is 10.3 Å². The van der Waals surface area contributed by atoms with Gasteiger partial charge < -0.3 is 5.32 Å². The van der Waals surface area contributed by atoms with Gasteiger partial charge in [0, 0.05) is 17.2 Å². The van der Waals surface area contributed by atoms with Crippen molar-refractivity contribution in [1.29, 1.82) is 0 Å².